The van der Waals surface area contributed by atoms with E-state index >= 15 is 0 Å². The van der Waals surface area contributed by atoms with Crippen LogP contribution in [0.25, 0.3) is 0 Å². The maximum Gasteiger partial charge on any atom is 0.335 e. The molecule has 0 aliphatic heterocycles. The molecule has 4 N–H and O–H groups in total. The van der Waals surface area contributed by atoms with Crippen molar-refractivity contribution in [3.05, 3.63) is 28.8 Å². The molecule has 5 nitrogen and oxygen atoms in total. The predicted molar refractivity (Wildman–Crippen MR) is 83.7 cm³/mol. The summed E-state index contributed by atoms with van der Waals surface area (Å²) in [5, 5.41) is 11.9. The number of amides is 1. The van der Waals surface area contributed by atoms with E-state index in [1.165, 1.54) is 18.2 Å². The lowest BCUT2D eigenvalue weighted by Gasteiger charge is -2.16. The molecule has 21 heavy (non-hydrogen) atoms. The molecular formula is C15H21ClN2O3. The number of rotatable bonds is 7. The minimum absolute atomic E-state index is 0.0374. The number of carbonyl (C=O) groups is 2. The summed E-state index contributed by atoms with van der Waals surface area (Å²) < 4.78 is 0. The first-order valence-corrected chi connectivity index (χ1v) is 7.23. The molecule has 0 bridgehead atoms. The van der Waals surface area contributed by atoms with E-state index in [1.54, 1.807) is 0 Å². The van der Waals surface area contributed by atoms with Gasteiger partial charge in [-0.25, -0.2) is 4.79 Å². The number of aromatic carboxylic acids is 1. The smallest absolute Gasteiger partial charge is 0.335 e. The van der Waals surface area contributed by atoms with Crippen molar-refractivity contribution in [3.63, 3.8) is 0 Å². The summed E-state index contributed by atoms with van der Waals surface area (Å²) in [6, 6.07) is 4.23. The topological polar surface area (TPSA) is 92.4 Å². The third-order valence-electron chi connectivity index (χ3n) is 3.04. The van der Waals surface area contributed by atoms with Crippen molar-refractivity contribution in [2.24, 2.45) is 17.6 Å². The van der Waals surface area contributed by atoms with Crippen LogP contribution in [0.2, 0.25) is 5.02 Å². The molecular weight excluding hydrogens is 292 g/mol. The number of carboxylic acids is 1. The number of hydrogen-bond donors (Lipinski definition) is 3. The average Bonchev–Trinajstić information content (AvgIpc) is 2.36. The molecule has 0 aliphatic rings. The first kappa shape index (κ1) is 17.5. The van der Waals surface area contributed by atoms with Gasteiger partial charge in [0, 0.05) is 17.1 Å². The normalized spacial score (nSPS) is 12.2. The Balaban J connectivity index is 2.72. The van der Waals surface area contributed by atoms with Crippen molar-refractivity contribution in [2.45, 2.75) is 26.7 Å². The Morgan fingerprint density at radius 2 is 2.00 bits per heavy atom. The fourth-order valence-corrected chi connectivity index (χ4v) is 2.42. The highest BCUT2D eigenvalue weighted by Crippen LogP contribution is 2.20. The number of carboxylic acid groups (broad SMARTS) is 1. The molecule has 1 aromatic rings. The molecule has 1 atom stereocenters. The van der Waals surface area contributed by atoms with Gasteiger partial charge in [0.1, 0.15) is 0 Å². The molecule has 0 aromatic heterocycles. The van der Waals surface area contributed by atoms with Crippen LogP contribution in [-0.2, 0) is 4.79 Å². The Morgan fingerprint density at radius 3 is 2.52 bits per heavy atom. The number of nitrogens with one attached hydrogen (secondary N) is 1. The highest BCUT2D eigenvalue weighted by Gasteiger charge is 2.15. The van der Waals surface area contributed by atoms with Gasteiger partial charge in [-0.3, -0.25) is 4.79 Å². The van der Waals surface area contributed by atoms with Gasteiger partial charge in [0.15, 0.2) is 0 Å². The molecule has 1 rings (SSSR count). The predicted octanol–water partition coefficient (Wildman–Crippen LogP) is 2.99. The van der Waals surface area contributed by atoms with Crippen LogP contribution in [0.3, 0.4) is 0 Å². The SMILES string of the molecule is CC(C)C[C@H](CN)CC(=O)Nc1cc(Cl)cc(C(=O)O)c1. The van der Waals surface area contributed by atoms with Gasteiger partial charge in [0.25, 0.3) is 0 Å². The third-order valence-corrected chi connectivity index (χ3v) is 3.26. The zero-order valence-corrected chi connectivity index (χ0v) is 13.0. The van der Waals surface area contributed by atoms with Gasteiger partial charge in [-0.2, -0.15) is 0 Å². The minimum Gasteiger partial charge on any atom is -0.478 e. The van der Waals surface area contributed by atoms with Crippen molar-refractivity contribution in [2.75, 3.05) is 11.9 Å². The molecule has 0 unspecified atom stereocenters. The molecule has 1 aromatic carbocycles. The number of carbonyl (C=O) groups excluding carboxylic acids is 1. The van der Waals surface area contributed by atoms with Gasteiger partial charge in [-0.05, 0) is 43.0 Å². The summed E-state index contributed by atoms with van der Waals surface area (Å²) in [7, 11) is 0. The van der Waals surface area contributed by atoms with Crippen molar-refractivity contribution in [1.29, 1.82) is 0 Å². The summed E-state index contributed by atoms with van der Waals surface area (Å²) in [6.07, 6.45) is 1.18. The fourth-order valence-electron chi connectivity index (χ4n) is 2.19. The Labute approximate surface area is 129 Å². The summed E-state index contributed by atoms with van der Waals surface area (Å²) >= 11 is 5.84. The second kappa shape index (κ2) is 8.00. The molecule has 116 valence electrons. The molecule has 0 aliphatic carbocycles. The number of nitrogens with two attached hydrogens (primary N) is 1. The molecule has 0 saturated carbocycles. The molecule has 0 saturated heterocycles. The van der Waals surface area contributed by atoms with Crippen LogP contribution in [0.15, 0.2) is 18.2 Å². The van der Waals surface area contributed by atoms with Crippen LogP contribution in [-0.4, -0.2) is 23.5 Å². The van der Waals surface area contributed by atoms with Gasteiger partial charge in [0.2, 0.25) is 5.91 Å². The van der Waals surface area contributed by atoms with E-state index in [1.807, 2.05) is 0 Å². The number of halogens is 1. The second-order valence-electron chi connectivity index (χ2n) is 5.52. The van der Waals surface area contributed by atoms with E-state index in [2.05, 4.69) is 19.2 Å². The Hall–Kier alpha value is -1.59. The van der Waals surface area contributed by atoms with Gasteiger partial charge >= 0.3 is 5.97 Å². The molecule has 0 fully saturated rings. The molecule has 1 amide bonds. The van der Waals surface area contributed by atoms with Gasteiger partial charge in [-0.15, -0.1) is 0 Å². The van der Waals surface area contributed by atoms with Crippen LogP contribution in [0.5, 0.6) is 0 Å². The van der Waals surface area contributed by atoms with Crippen LogP contribution < -0.4 is 11.1 Å². The summed E-state index contributed by atoms with van der Waals surface area (Å²) in [5.41, 5.74) is 6.09. The Kier molecular flexibility index (Phi) is 6.65. The van der Waals surface area contributed by atoms with E-state index in [0.717, 1.165) is 6.42 Å². The number of anilines is 1. The van der Waals surface area contributed by atoms with Crippen LogP contribution in [0, 0.1) is 11.8 Å². The van der Waals surface area contributed by atoms with E-state index in [0.29, 0.717) is 24.6 Å². The van der Waals surface area contributed by atoms with Crippen molar-refractivity contribution in [3.8, 4) is 0 Å². The lowest BCUT2D eigenvalue weighted by molar-refractivity contribution is -0.117. The first-order chi connectivity index (χ1) is 9.81. The lowest BCUT2D eigenvalue weighted by atomic mass is 9.94. The molecule has 0 heterocycles. The quantitative estimate of drug-likeness (QED) is 0.721. The van der Waals surface area contributed by atoms with E-state index in [4.69, 9.17) is 22.4 Å². The highest BCUT2D eigenvalue weighted by molar-refractivity contribution is 6.31. The molecule has 0 radical (unpaired) electrons. The van der Waals surface area contributed by atoms with E-state index in [-0.39, 0.29) is 22.4 Å². The molecule has 6 heteroatoms. The maximum absolute atomic E-state index is 12.0. The second-order valence-corrected chi connectivity index (χ2v) is 5.95. The highest BCUT2D eigenvalue weighted by atomic mass is 35.5. The van der Waals surface area contributed by atoms with Gasteiger partial charge < -0.3 is 16.2 Å². The summed E-state index contributed by atoms with van der Waals surface area (Å²) in [4.78, 5) is 22.9. The number of benzene rings is 1. The number of hydrogen-bond acceptors (Lipinski definition) is 3. The summed E-state index contributed by atoms with van der Waals surface area (Å²) in [5.74, 6) is -0.698. The van der Waals surface area contributed by atoms with Crippen LogP contribution in [0.4, 0.5) is 5.69 Å². The average molecular weight is 313 g/mol. The van der Waals surface area contributed by atoms with Gasteiger partial charge in [0.05, 0.1) is 5.56 Å². The lowest BCUT2D eigenvalue weighted by Crippen LogP contribution is -2.23. The zero-order valence-electron chi connectivity index (χ0n) is 12.2. The van der Waals surface area contributed by atoms with E-state index < -0.39 is 5.97 Å². The molecule has 0 spiro atoms. The van der Waals surface area contributed by atoms with Crippen molar-refractivity contribution in [1.82, 2.24) is 0 Å². The minimum atomic E-state index is -1.09. The third kappa shape index (κ3) is 6.14. The Morgan fingerprint density at radius 1 is 1.33 bits per heavy atom. The fraction of sp³-hybridized carbons (Fsp3) is 0.467. The maximum atomic E-state index is 12.0. The standard InChI is InChI=1S/C15H21ClN2O3/c1-9(2)3-10(8-17)4-14(19)18-13-6-11(15(20)21)5-12(16)7-13/h5-7,9-10H,3-4,8,17H2,1-2H3,(H,18,19)(H,20,21)/t10-/m0/s1. The first-order valence-electron chi connectivity index (χ1n) is 6.85. The monoisotopic (exact) mass is 312 g/mol. The van der Waals surface area contributed by atoms with E-state index in [9.17, 15) is 9.59 Å². The Bertz CT molecular complexity index is 518. The largest absolute Gasteiger partial charge is 0.478 e. The summed E-state index contributed by atoms with van der Waals surface area (Å²) in [6.45, 7) is 4.61. The van der Waals surface area contributed by atoms with Crippen LogP contribution >= 0.6 is 11.6 Å². The van der Waals surface area contributed by atoms with Crippen LogP contribution in [0.1, 0.15) is 37.0 Å². The zero-order chi connectivity index (χ0) is 16.0. The van der Waals surface area contributed by atoms with Crippen molar-refractivity contribution < 1.29 is 14.7 Å². The van der Waals surface area contributed by atoms with Crippen molar-refractivity contribution >= 4 is 29.2 Å². The van der Waals surface area contributed by atoms with Gasteiger partial charge in [-0.1, -0.05) is 25.4 Å².